The van der Waals surface area contributed by atoms with Crippen LogP contribution < -0.4 is 4.90 Å². The topological polar surface area (TPSA) is 16.4 Å². The third-order valence-corrected chi connectivity index (χ3v) is 12.6. The fourth-order valence-electron chi connectivity index (χ4n) is 8.57. The van der Waals surface area contributed by atoms with E-state index in [1.807, 2.05) is 11.8 Å². The molecule has 55 heavy (non-hydrogen) atoms. The van der Waals surface area contributed by atoms with Crippen LogP contribution in [0.4, 0.5) is 17.1 Å². The van der Waals surface area contributed by atoms with Gasteiger partial charge < -0.3 is 9.32 Å². The number of thioether (sulfide) groups is 1. The zero-order valence-electron chi connectivity index (χ0n) is 30.0. The molecule has 1 aliphatic heterocycles. The Labute approximate surface area is 324 Å². The summed E-state index contributed by atoms with van der Waals surface area (Å²) >= 11 is 1.99. The SMILES string of the molecule is C1=CC2Sc3c(-c4ccc(N(c5ccc(-c6ccccc6)cc5)c5ccc(-c6ccccc6)c6c5oc5c7ccccc7ccc56)cc4)cccc3C2C=C1. The van der Waals surface area contributed by atoms with Crippen molar-refractivity contribution in [3.05, 3.63) is 206 Å². The third kappa shape index (κ3) is 5.34. The van der Waals surface area contributed by atoms with Crippen LogP contribution in [0, 0.1) is 0 Å². The molecule has 8 aromatic carbocycles. The maximum Gasteiger partial charge on any atom is 0.160 e. The van der Waals surface area contributed by atoms with Crippen LogP contribution in [0.1, 0.15) is 11.5 Å². The number of hydrogen-bond acceptors (Lipinski definition) is 3. The van der Waals surface area contributed by atoms with Crippen molar-refractivity contribution in [1.29, 1.82) is 0 Å². The fourth-order valence-corrected chi connectivity index (χ4v) is 10.1. The second-order valence-electron chi connectivity index (χ2n) is 14.4. The van der Waals surface area contributed by atoms with Gasteiger partial charge in [-0.2, -0.15) is 0 Å². The Morgan fingerprint density at radius 2 is 1.11 bits per heavy atom. The summed E-state index contributed by atoms with van der Waals surface area (Å²) in [6.07, 6.45) is 9.06. The number of nitrogens with zero attached hydrogens (tertiary/aromatic N) is 1. The summed E-state index contributed by atoms with van der Waals surface area (Å²) in [7, 11) is 0. The lowest BCUT2D eigenvalue weighted by Crippen LogP contribution is -2.10. The molecule has 0 radical (unpaired) electrons. The Morgan fingerprint density at radius 3 is 1.89 bits per heavy atom. The molecule has 2 unspecified atom stereocenters. The zero-order valence-corrected chi connectivity index (χ0v) is 30.8. The molecule has 1 aliphatic carbocycles. The monoisotopic (exact) mass is 721 g/mol. The summed E-state index contributed by atoms with van der Waals surface area (Å²) in [4.78, 5) is 3.75. The molecule has 3 heteroatoms. The molecular weight excluding hydrogens is 687 g/mol. The minimum Gasteiger partial charge on any atom is -0.453 e. The van der Waals surface area contributed by atoms with Gasteiger partial charge in [-0.1, -0.05) is 164 Å². The van der Waals surface area contributed by atoms with Crippen molar-refractivity contribution in [2.24, 2.45) is 0 Å². The van der Waals surface area contributed by atoms with E-state index in [4.69, 9.17) is 4.42 Å². The molecule has 0 spiro atoms. The molecule has 0 saturated heterocycles. The van der Waals surface area contributed by atoms with E-state index in [9.17, 15) is 0 Å². The maximum atomic E-state index is 7.11. The molecule has 0 saturated carbocycles. The summed E-state index contributed by atoms with van der Waals surface area (Å²) in [5.41, 5.74) is 13.5. The molecule has 0 fully saturated rings. The van der Waals surface area contributed by atoms with Crippen LogP contribution >= 0.6 is 11.8 Å². The first-order valence-electron chi connectivity index (χ1n) is 18.9. The lowest BCUT2D eigenvalue weighted by atomic mass is 9.90. The van der Waals surface area contributed by atoms with Crippen molar-refractivity contribution < 1.29 is 4.42 Å². The normalized spacial score (nSPS) is 15.8. The van der Waals surface area contributed by atoms with Gasteiger partial charge in [0.2, 0.25) is 0 Å². The van der Waals surface area contributed by atoms with E-state index < -0.39 is 0 Å². The zero-order chi connectivity index (χ0) is 36.3. The van der Waals surface area contributed by atoms with Gasteiger partial charge in [-0.15, -0.1) is 11.8 Å². The summed E-state index contributed by atoms with van der Waals surface area (Å²) < 4.78 is 7.11. The second-order valence-corrected chi connectivity index (χ2v) is 15.6. The predicted molar refractivity (Wildman–Crippen MR) is 233 cm³/mol. The number of rotatable bonds is 6. The highest BCUT2D eigenvalue weighted by atomic mass is 32.2. The minimum absolute atomic E-state index is 0.431. The number of hydrogen-bond donors (Lipinski definition) is 0. The van der Waals surface area contributed by atoms with Crippen LogP contribution in [0.5, 0.6) is 0 Å². The number of furan rings is 1. The first kappa shape index (κ1) is 31.9. The Bertz CT molecular complexity index is 2940. The van der Waals surface area contributed by atoms with Crippen molar-refractivity contribution in [3.8, 4) is 33.4 Å². The van der Waals surface area contributed by atoms with Gasteiger partial charge >= 0.3 is 0 Å². The van der Waals surface area contributed by atoms with Gasteiger partial charge in [-0.3, -0.25) is 0 Å². The van der Waals surface area contributed by atoms with E-state index in [0.29, 0.717) is 11.2 Å². The Morgan fingerprint density at radius 1 is 0.455 bits per heavy atom. The van der Waals surface area contributed by atoms with E-state index in [1.54, 1.807) is 0 Å². The summed E-state index contributed by atoms with van der Waals surface area (Å²) in [6.45, 7) is 0. The highest BCUT2D eigenvalue weighted by molar-refractivity contribution is 8.00. The molecule has 0 amide bonds. The summed E-state index contributed by atoms with van der Waals surface area (Å²) in [6, 6.07) is 63.5. The Kier molecular flexibility index (Phi) is 7.60. The fraction of sp³-hybridized carbons (Fsp3) is 0.0385. The molecular formula is C52H35NOS. The Hall–Kier alpha value is -6.55. The van der Waals surface area contributed by atoms with Gasteiger partial charge in [0.05, 0.1) is 5.69 Å². The van der Waals surface area contributed by atoms with Gasteiger partial charge in [-0.05, 0) is 80.7 Å². The van der Waals surface area contributed by atoms with Gasteiger partial charge in [0.15, 0.2) is 5.58 Å². The molecule has 260 valence electrons. The van der Waals surface area contributed by atoms with Crippen LogP contribution in [0.25, 0.3) is 66.1 Å². The highest BCUT2D eigenvalue weighted by Gasteiger charge is 2.32. The molecule has 11 rings (SSSR count). The van der Waals surface area contributed by atoms with E-state index >= 15 is 0 Å². The lowest BCUT2D eigenvalue weighted by Gasteiger charge is -2.26. The highest BCUT2D eigenvalue weighted by Crippen LogP contribution is 2.52. The number of anilines is 3. The molecule has 0 bridgehead atoms. The standard InChI is InChI=1S/C52H35NOS/c1-3-12-34(13-4-1)35-22-27-39(28-23-35)53(40-29-24-38(25-30-40)43-19-11-20-45-44-18-9-10-21-48(44)55-52(43)45)47-33-32-41(36-14-5-2-6-15-36)49-46-31-26-37-16-7-8-17-42(37)50(46)54-51(47)49/h1-33,44,48H. The van der Waals surface area contributed by atoms with Crippen LogP contribution in [0.15, 0.2) is 210 Å². The smallest absolute Gasteiger partial charge is 0.160 e. The minimum atomic E-state index is 0.431. The largest absolute Gasteiger partial charge is 0.453 e. The summed E-state index contributed by atoms with van der Waals surface area (Å²) in [5.74, 6) is 0.431. The predicted octanol–water partition coefficient (Wildman–Crippen LogP) is 14.9. The molecule has 2 heterocycles. The second kappa shape index (κ2) is 13.1. The summed E-state index contributed by atoms with van der Waals surface area (Å²) in [5, 5.41) is 4.97. The van der Waals surface area contributed by atoms with Crippen LogP contribution in [0.2, 0.25) is 0 Å². The van der Waals surface area contributed by atoms with Crippen LogP contribution in [-0.4, -0.2) is 5.25 Å². The first-order chi connectivity index (χ1) is 27.3. The lowest BCUT2D eigenvalue weighted by molar-refractivity contribution is 0.673. The maximum absolute atomic E-state index is 7.11. The Balaban J connectivity index is 1.11. The molecule has 9 aromatic rings. The van der Waals surface area contributed by atoms with E-state index in [1.165, 1.54) is 32.7 Å². The number of benzene rings is 8. The van der Waals surface area contributed by atoms with Crippen molar-refractivity contribution in [3.63, 3.8) is 0 Å². The quantitative estimate of drug-likeness (QED) is 0.170. The van der Waals surface area contributed by atoms with Crippen molar-refractivity contribution in [2.45, 2.75) is 16.1 Å². The van der Waals surface area contributed by atoms with Crippen molar-refractivity contribution >= 4 is 61.5 Å². The van der Waals surface area contributed by atoms with E-state index in [2.05, 4.69) is 205 Å². The van der Waals surface area contributed by atoms with Crippen molar-refractivity contribution in [1.82, 2.24) is 0 Å². The van der Waals surface area contributed by atoms with Gasteiger partial charge in [0, 0.05) is 43.6 Å². The van der Waals surface area contributed by atoms with Crippen molar-refractivity contribution in [2.75, 3.05) is 4.90 Å². The van der Waals surface area contributed by atoms with Gasteiger partial charge in [0.25, 0.3) is 0 Å². The third-order valence-electron chi connectivity index (χ3n) is 11.2. The average molecular weight is 722 g/mol. The molecule has 0 N–H and O–H groups in total. The number of allylic oxidation sites excluding steroid dienone is 3. The van der Waals surface area contributed by atoms with Gasteiger partial charge in [-0.25, -0.2) is 0 Å². The number of fused-ring (bicyclic) bond motifs is 8. The molecule has 2 aliphatic rings. The first-order valence-corrected chi connectivity index (χ1v) is 19.8. The van der Waals surface area contributed by atoms with E-state index in [0.717, 1.165) is 60.9 Å². The molecule has 1 aromatic heterocycles. The van der Waals surface area contributed by atoms with Crippen LogP contribution in [0.3, 0.4) is 0 Å². The molecule has 2 atom stereocenters. The molecule has 2 nitrogen and oxygen atoms in total. The average Bonchev–Trinajstić information content (AvgIpc) is 3.85. The van der Waals surface area contributed by atoms with Crippen LogP contribution in [-0.2, 0) is 0 Å². The van der Waals surface area contributed by atoms with E-state index in [-0.39, 0.29) is 0 Å². The van der Waals surface area contributed by atoms with Gasteiger partial charge in [0.1, 0.15) is 5.58 Å².